The van der Waals surface area contributed by atoms with E-state index in [1.54, 1.807) is 6.07 Å². The number of fused-ring (bicyclic) bond motifs is 1. The predicted molar refractivity (Wildman–Crippen MR) is 217 cm³/mol. The zero-order valence-corrected chi connectivity index (χ0v) is 34.4. The quantitative estimate of drug-likeness (QED) is 0.175. The number of imidazole rings is 1. The van der Waals surface area contributed by atoms with Crippen molar-refractivity contribution in [3.05, 3.63) is 144 Å². The van der Waals surface area contributed by atoms with Gasteiger partial charge in [0.1, 0.15) is 11.6 Å². The summed E-state index contributed by atoms with van der Waals surface area (Å²) in [5.41, 5.74) is 12.7. The Labute approximate surface area is 329 Å². The van der Waals surface area contributed by atoms with Gasteiger partial charge in [-0.2, -0.15) is 0 Å². The summed E-state index contributed by atoms with van der Waals surface area (Å²) in [6, 6.07) is 43.6. The zero-order chi connectivity index (χ0) is 37.0. The number of phenols is 1. The molecule has 7 rings (SSSR count). The van der Waals surface area contributed by atoms with Crippen LogP contribution in [-0.2, 0) is 37.3 Å². The van der Waals surface area contributed by atoms with Crippen LogP contribution < -0.4 is 0 Å². The van der Waals surface area contributed by atoms with E-state index in [9.17, 15) is 5.11 Å². The topological polar surface area (TPSA) is 50.9 Å². The molecule has 0 fully saturated rings. The predicted octanol–water partition coefficient (Wildman–Crippen LogP) is 12.5. The van der Waals surface area contributed by atoms with Gasteiger partial charge in [0.15, 0.2) is 0 Å². The minimum atomic E-state index is -0.169. The van der Waals surface area contributed by atoms with Crippen LogP contribution >= 0.6 is 0 Å². The number of aromatic hydroxyl groups is 1. The second-order valence-corrected chi connectivity index (χ2v) is 17.0. The molecule has 0 aliphatic rings. The molecule has 0 amide bonds. The van der Waals surface area contributed by atoms with Gasteiger partial charge < -0.3 is 5.11 Å². The summed E-state index contributed by atoms with van der Waals surface area (Å²) < 4.78 is 2.26. The van der Waals surface area contributed by atoms with E-state index in [4.69, 9.17) is 9.97 Å². The molecule has 0 unspecified atom stereocenters. The molecule has 7 aromatic rings. The van der Waals surface area contributed by atoms with Gasteiger partial charge in [0.05, 0.1) is 16.6 Å². The minimum absolute atomic E-state index is 0. The van der Waals surface area contributed by atoms with Crippen molar-refractivity contribution < 1.29 is 26.2 Å². The number of aromatic nitrogens is 3. The van der Waals surface area contributed by atoms with Crippen LogP contribution in [0.1, 0.15) is 79.0 Å². The second-order valence-electron chi connectivity index (χ2n) is 17.0. The molecule has 53 heavy (non-hydrogen) atoms. The van der Waals surface area contributed by atoms with Crippen molar-refractivity contribution in [3.63, 3.8) is 0 Å². The summed E-state index contributed by atoms with van der Waals surface area (Å²) in [5, 5.41) is 11.4. The number of hydrogen-bond acceptors (Lipinski definition) is 3. The number of rotatable bonds is 5. The van der Waals surface area contributed by atoms with Crippen molar-refractivity contribution >= 4 is 11.0 Å². The number of para-hydroxylation sites is 1. The molecule has 0 saturated heterocycles. The van der Waals surface area contributed by atoms with E-state index < -0.39 is 0 Å². The summed E-state index contributed by atoms with van der Waals surface area (Å²) in [4.78, 5) is 10.2. The molecule has 5 heteroatoms. The van der Waals surface area contributed by atoms with Crippen LogP contribution in [0.15, 0.2) is 121 Å². The average molecular weight is 878 g/mol. The first kappa shape index (κ1) is 37.9. The van der Waals surface area contributed by atoms with Crippen molar-refractivity contribution in [3.8, 4) is 56.3 Å². The molecule has 0 saturated carbocycles. The number of benzene rings is 5. The molecule has 0 aliphatic carbocycles. The van der Waals surface area contributed by atoms with Crippen molar-refractivity contribution in [1.29, 1.82) is 0 Å². The van der Waals surface area contributed by atoms with Crippen molar-refractivity contribution in [2.75, 3.05) is 0 Å². The molecule has 1 N–H and O–H groups in total. The summed E-state index contributed by atoms with van der Waals surface area (Å²) in [7, 11) is 0. The van der Waals surface area contributed by atoms with Gasteiger partial charge in [0.2, 0.25) is 0 Å². The third kappa shape index (κ3) is 7.66. The summed E-state index contributed by atoms with van der Waals surface area (Å²) in [5.74, 6) is 0.880. The smallest absolute Gasteiger partial charge is 0.148 e. The van der Waals surface area contributed by atoms with Crippen LogP contribution in [0, 0.1) is 6.07 Å². The van der Waals surface area contributed by atoms with Gasteiger partial charge >= 0.3 is 0 Å². The summed E-state index contributed by atoms with van der Waals surface area (Å²) in [6.45, 7) is 20.3. The Bertz CT molecular complexity index is 2320. The molecule has 2 aromatic heterocycles. The van der Waals surface area contributed by atoms with E-state index in [2.05, 4.69) is 140 Å². The van der Waals surface area contributed by atoms with Gasteiger partial charge in [-0.1, -0.05) is 146 Å². The van der Waals surface area contributed by atoms with Gasteiger partial charge in [-0.05, 0) is 74.9 Å². The first-order chi connectivity index (χ1) is 24.6. The van der Waals surface area contributed by atoms with Gasteiger partial charge in [-0.3, -0.25) is 9.55 Å². The van der Waals surface area contributed by atoms with E-state index in [1.807, 2.05) is 48.7 Å². The Morgan fingerprint density at radius 1 is 0.566 bits per heavy atom. The molecule has 0 atom stereocenters. The molecule has 2 heterocycles. The fourth-order valence-corrected chi connectivity index (χ4v) is 6.70. The Morgan fingerprint density at radius 3 is 1.75 bits per heavy atom. The minimum Gasteiger partial charge on any atom is -0.507 e. The molecule has 0 bridgehead atoms. The average Bonchev–Trinajstić information content (AvgIpc) is 3.50. The zero-order valence-electron chi connectivity index (χ0n) is 32.2. The van der Waals surface area contributed by atoms with Crippen molar-refractivity contribution in [2.24, 2.45) is 0 Å². The molecule has 272 valence electrons. The SMILES string of the molecule is CC(C)(C)c1cc(-n2c(-c3ccccc3O)nc3c(-c4[c-]c(-c5ccccn5)cc(-c5ccccc5)c4)cc(C(C)(C)C)cc32)cc(C(C)(C)C)c1.[Pt]. The van der Waals surface area contributed by atoms with Gasteiger partial charge in [0.25, 0.3) is 0 Å². The summed E-state index contributed by atoms with van der Waals surface area (Å²) in [6.07, 6.45) is 1.83. The van der Waals surface area contributed by atoms with E-state index >= 15 is 0 Å². The van der Waals surface area contributed by atoms with E-state index in [-0.39, 0.29) is 43.1 Å². The fourth-order valence-electron chi connectivity index (χ4n) is 6.70. The Morgan fingerprint density at radius 2 is 1.15 bits per heavy atom. The van der Waals surface area contributed by atoms with Gasteiger partial charge in [0, 0.05) is 38.6 Å². The van der Waals surface area contributed by atoms with Crippen molar-refractivity contribution in [2.45, 2.75) is 78.6 Å². The molecule has 0 aliphatic heterocycles. The Kier molecular flexibility index (Phi) is 10.2. The standard InChI is InChI=1S/C48H48N3O.Pt/c1-46(2,3)35-26-36(47(4,5)6)28-38(27-35)51-42-30-37(48(7,8)9)29-40(44(42)50-45(51)39-19-13-14-21-43(39)52)33-23-32(31-17-11-10-12-18-31)24-34(25-33)41-20-15-16-22-49-41;/h10-24,26-30,52H,1-9H3;/q-1;. The largest absolute Gasteiger partial charge is 0.507 e. The maximum Gasteiger partial charge on any atom is 0.148 e. The first-order valence-electron chi connectivity index (χ1n) is 18.1. The van der Waals surface area contributed by atoms with E-state index in [0.29, 0.717) is 11.4 Å². The van der Waals surface area contributed by atoms with Crippen molar-refractivity contribution in [1.82, 2.24) is 14.5 Å². The Balaban J connectivity index is 0.00000481. The Hall–Kier alpha value is -4.79. The third-order valence-electron chi connectivity index (χ3n) is 9.89. The van der Waals surface area contributed by atoms with Gasteiger partial charge in [-0.25, -0.2) is 4.98 Å². The number of phenolic OH excluding ortho intramolecular Hbond substituents is 1. The molecule has 4 nitrogen and oxygen atoms in total. The molecule has 5 aromatic carbocycles. The normalized spacial score (nSPS) is 12.2. The maximum absolute atomic E-state index is 11.4. The molecular formula is C48H48N3OPt-. The third-order valence-corrected chi connectivity index (χ3v) is 9.89. The number of pyridine rings is 1. The van der Waals surface area contributed by atoms with Crippen LogP contribution in [0.4, 0.5) is 0 Å². The number of hydrogen-bond donors (Lipinski definition) is 1. The number of nitrogens with zero attached hydrogens (tertiary/aromatic N) is 3. The van der Waals surface area contributed by atoms with Crippen LogP contribution in [-0.4, -0.2) is 19.6 Å². The molecular weight excluding hydrogens is 830 g/mol. The first-order valence-corrected chi connectivity index (χ1v) is 18.1. The molecule has 0 spiro atoms. The van der Waals surface area contributed by atoms with Crippen LogP contribution in [0.3, 0.4) is 0 Å². The van der Waals surface area contributed by atoms with Crippen LogP contribution in [0.2, 0.25) is 0 Å². The van der Waals surface area contributed by atoms with Gasteiger partial charge in [-0.15, -0.1) is 23.8 Å². The molecule has 0 radical (unpaired) electrons. The second kappa shape index (κ2) is 14.2. The van der Waals surface area contributed by atoms with E-state index in [0.717, 1.165) is 50.2 Å². The fraction of sp³-hybridized carbons (Fsp3) is 0.250. The monoisotopic (exact) mass is 877 g/mol. The maximum atomic E-state index is 11.4. The van der Waals surface area contributed by atoms with Crippen LogP contribution in [0.5, 0.6) is 5.75 Å². The van der Waals surface area contributed by atoms with E-state index in [1.165, 1.54) is 16.7 Å². The summed E-state index contributed by atoms with van der Waals surface area (Å²) >= 11 is 0. The van der Waals surface area contributed by atoms with Crippen LogP contribution in [0.25, 0.3) is 61.6 Å².